The number of rotatable bonds is 7. The van der Waals surface area contributed by atoms with Crippen LogP contribution < -0.4 is 5.32 Å². The van der Waals surface area contributed by atoms with Gasteiger partial charge in [0.2, 0.25) is 0 Å². The van der Waals surface area contributed by atoms with Crippen LogP contribution in [0.25, 0.3) is 5.65 Å². The number of hydrogen-bond acceptors (Lipinski definition) is 6. The number of hydrogen-bond donors (Lipinski definition) is 1. The van der Waals surface area contributed by atoms with Crippen LogP contribution in [0.1, 0.15) is 27.4 Å². The van der Waals surface area contributed by atoms with Gasteiger partial charge in [-0.15, -0.1) is 0 Å². The first kappa shape index (κ1) is 17.9. The highest BCUT2D eigenvalue weighted by molar-refractivity contribution is 5.92. The lowest BCUT2D eigenvalue weighted by Crippen LogP contribution is -2.23. The van der Waals surface area contributed by atoms with Gasteiger partial charge >= 0.3 is 0 Å². The minimum absolute atomic E-state index is 0.257. The SMILES string of the molecule is CN(Cc1ccccc1)Cc1cc(C(=O)NCc2cnn3cccnc23)no1. The van der Waals surface area contributed by atoms with E-state index in [9.17, 15) is 4.79 Å². The van der Waals surface area contributed by atoms with E-state index in [4.69, 9.17) is 4.52 Å². The van der Waals surface area contributed by atoms with Gasteiger partial charge in [-0.25, -0.2) is 9.50 Å². The third-order valence-corrected chi connectivity index (χ3v) is 4.30. The van der Waals surface area contributed by atoms with Gasteiger partial charge < -0.3 is 9.84 Å². The number of fused-ring (bicyclic) bond motifs is 1. The van der Waals surface area contributed by atoms with Gasteiger partial charge in [0.25, 0.3) is 5.91 Å². The molecule has 0 saturated carbocycles. The molecule has 3 heterocycles. The van der Waals surface area contributed by atoms with Gasteiger partial charge in [0, 0.05) is 37.1 Å². The molecule has 0 atom stereocenters. The van der Waals surface area contributed by atoms with Crippen LogP contribution in [-0.4, -0.2) is 37.6 Å². The fraction of sp³-hybridized carbons (Fsp3) is 0.200. The lowest BCUT2D eigenvalue weighted by atomic mass is 10.2. The van der Waals surface area contributed by atoms with Crippen LogP contribution >= 0.6 is 0 Å². The predicted octanol–water partition coefficient (Wildman–Crippen LogP) is 2.28. The molecule has 4 rings (SSSR count). The molecule has 0 radical (unpaired) electrons. The summed E-state index contributed by atoms with van der Waals surface area (Å²) in [5.74, 6) is 0.345. The van der Waals surface area contributed by atoms with Crippen molar-refractivity contribution in [3.05, 3.63) is 83.6 Å². The lowest BCUT2D eigenvalue weighted by molar-refractivity contribution is 0.0942. The van der Waals surface area contributed by atoms with Gasteiger partial charge in [-0.1, -0.05) is 35.5 Å². The molecule has 0 bridgehead atoms. The number of aromatic nitrogens is 4. The maximum atomic E-state index is 12.4. The molecule has 1 aromatic carbocycles. The van der Waals surface area contributed by atoms with E-state index in [0.29, 0.717) is 24.5 Å². The molecule has 0 aliphatic carbocycles. The Morgan fingerprint density at radius 1 is 1.21 bits per heavy atom. The fourth-order valence-corrected chi connectivity index (χ4v) is 2.98. The Kier molecular flexibility index (Phi) is 5.11. The van der Waals surface area contributed by atoms with Gasteiger partial charge in [-0.3, -0.25) is 9.69 Å². The van der Waals surface area contributed by atoms with Crippen LogP contribution in [0.15, 0.2) is 65.6 Å². The van der Waals surface area contributed by atoms with E-state index >= 15 is 0 Å². The molecular weight excluding hydrogens is 356 g/mol. The summed E-state index contributed by atoms with van der Waals surface area (Å²) in [5, 5.41) is 10.9. The Balaban J connectivity index is 1.33. The molecule has 142 valence electrons. The largest absolute Gasteiger partial charge is 0.359 e. The molecule has 8 heteroatoms. The van der Waals surface area contributed by atoms with E-state index in [0.717, 1.165) is 12.1 Å². The Bertz CT molecular complexity index is 1070. The highest BCUT2D eigenvalue weighted by Gasteiger charge is 2.15. The van der Waals surface area contributed by atoms with Crippen molar-refractivity contribution in [2.24, 2.45) is 0 Å². The van der Waals surface area contributed by atoms with Crippen molar-refractivity contribution in [1.29, 1.82) is 0 Å². The first-order valence-corrected chi connectivity index (χ1v) is 8.92. The molecule has 0 fully saturated rings. The molecule has 28 heavy (non-hydrogen) atoms. The van der Waals surface area contributed by atoms with Gasteiger partial charge in [0.05, 0.1) is 12.7 Å². The summed E-state index contributed by atoms with van der Waals surface area (Å²) in [6.07, 6.45) is 5.19. The second kappa shape index (κ2) is 8.01. The molecule has 0 saturated heterocycles. The van der Waals surface area contributed by atoms with Crippen LogP contribution in [0, 0.1) is 0 Å². The molecule has 0 aliphatic heterocycles. The summed E-state index contributed by atoms with van der Waals surface area (Å²) in [6, 6.07) is 13.6. The van der Waals surface area contributed by atoms with E-state index in [-0.39, 0.29) is 11.6 Å². The molecule has 1 N–H and O–H groups in total. The average Bonchev–Trinajstić information content (AvgIpc) is 3.34. The molecule has 1 amide bonds. The maximum absolute atomic E-state index is 12.4. The van der Waals surface area contributed by atoms with Gasteiger partial charge in [0.1, 0.15) is 0 Å². The molecule has 0 spiro atoms. The topological polar surface area (TPSA) is 88.6 Å². The normalized spacial score (nSPS) is 11.2. The zero-order chi connectivity index (χ0) is 19.3. The van der Waals surface area contributed by atoms with Crippen LogP contribution in [0.4, 0.5) is 0 Å². The van der Waals surface area contributed by atoms with Crippen molar-refractivity contribution in [3.63, 3.8) is 0 Å². The van der Waals surface area contributed by atoms with E-state index in [1.807, 2.05) is 31.4 Å². The zero-order valence-electron chi connectivity index (χ0n) is 15.4. The van der Waals surface area contributed by atoms with Crippen LogP contribution in [-0.2, 0) is 19.6 Å². The predicted molar refractivity (Wildman–Crippen MR) is 102 cm³/mol. The van der Waals surface area contributed by atoms with Crippen LogP contribution in [0.2, 0.25) is 0 Å². The Labute approximate surface area is 161 Å². The molecule has 4 aromatic rings. The van der Waals surface area contributed by atoms with E-state index in [1.54, 1.807) is 29.0 Å². The maximum Gasteiger partial charge on any atom is 0.273 e. The summed E-state index contributed by atoms with van der Waals surface area (Å²) in [6.45, 7) is 1.66. The zero-order valence-corrected chi connectivity index (χ0v) is 15.4. The molecular formula is C20H20N6O2. The van der Waals surface area contributed by atoms with Crippen molar-refractivity contribution >= 4 is 11.6 Å². The number of nitrogens with zero attached hydrogens (tertiary/aromatic N) is 5. The fourth-order valence-electron chi connectivity index (χ4n) is 2.98. The average molecular weight is 376 g/mol. The molecule has 3 aromatic heterocycles. The lowest BCUT2D eigenvalue weighted by Gasteiger charge is -2.14. The highest BCUT2D eigenvalue weighted by atomic mass is 16.5. The second-order valence-electron chi connectivity index (χ2n) is 6.58. The minimum Gasteiger partial charge on any atom is -0.359 e. The van der Waals surface area contributed by atoms with E-state index < -0.39 is 0 Å². The Morgan fingerprint density at radius 2 is 2.07 bits per heavy atom. The molecule has 0 aliphatic rings. The van der Waals surface area contributed by atoms with Crippen molar-refractivity contribution in [1.82, 2.24) is 30.0 Å². The third-order valence-electron chi connectivity index (χ3n) is 4.30. The first-order valence-electron chi connectivity index (χ1n) is 8.92. The number of benzene rings is 1. The standard InChI is InChI=1S/C20H20N6O2/c1-25(13-15-6-3-2-4-7-15)14-17-10-18(24-28-17)20(27)22-11-16-12-23-26-9-5-8-21-19(16)26/h2-10,12H,11,13-14H2,1H3,(H,22,27). The Hall–Kier alpha value is -3.52. The van der Waals surface area contributed by atoms with Crippen molar-refractivity contribution in [2.75, 3.05) is 7.05 Å². The third kappa shape index (κ3) is 4.07. The number of carbonyl (C=O) groups is 1. The molecule has 0 unspecified atom stereocenters. The number of nitrogens with one attached hydrogen (secondary N) is 1. The van der Waals surface area contributed by atoms with Crippen molar-refractivity contribution in [2.45, 2.75) is 19.6 Å². The van der Waals surface area contributed by atoms with Crippen molar-refractivity contribution in [3.8, 4) is 0 Å². The minimum atomic E-state index is -0.295. The van der Waals surface area contributed by atoms with E-state index in [2.05, 4.69) is 37.6 Å². The summed E-state index contributed by atoms with van der Waals surface area (Å²) in [7, 11) is 1.99. The van der Waals surface area contributed by atoms with Crippen molar-refractivity contribution < 1.29 is 9.32 Å². The molecule has 8 nitrogen and oxygen atoms in total. The number of amides is 1. The van der Waals surface area contributed by atoms with Gasteiger partial charge in [-0.05, 0) is 18.7 Å². The summed E-state index contributed by atoms with van der Waals surface area (Å²) in [5.41, 5.74) is 3.02. The summed E-state index contributed by atoms with van der Waals surface area (Å²) in [4.78, 5) is 18.7. The second-order valence-corrected chi connectivity index (χ2v) is 6.58. The van der Waals surface area contributed by atoms with E-state index in [1.165, 1.54) is 5.56 Å². The summed E-state index contributed by atoms with van der Waals surface area (Å²) < 4.78 is 6.99. The first-order chi connectivity index (χ1) is 13.7. The van der Waals surface area contributed by atoms with Gasteiger partial charge in [0.15, 0.2) is 17.1 Å². The van der Waals surface area contributed by atoms with Gasteiger partial charge in [-0.2, -0.15) is 5.10 Å². The Morgan fingerprint density at radius 3 is 2.93 bits per heavy atom. The monoisotopic (exact) mass is 376 g/mol. The smallest absolute Gasteiger partial charge is 0.273 e. The van der Waals surface area contributed by atoms with Crippen LogP contribution in [0.5, 0.6) is 0 Å². The highest BCUT2D eigenvalue weighted by Crippen LogP contribution is 2.11. The quantitative estimate of drug-likeness (QED) is 0.532. The number of carbonyl (C=O) groups excluding carboxylic acids is 1. The summed E-state index contributed by atoms with van der Waals surface area (Å²) >= 11 is 0. The van der Waals surface area contributed by atoms with Crippen LogP contribution in [0.3, 0.4) is 0 Å².